The monoisotopic (exact) mass is 663 g/mol. The first-order valence-electron chi connectivity index (χ1n) is 18.2. The summed E-state index contributed by atoms with van der Waals surface area (Å²) in [6.07, 6.45) is 0. The smallest absolute Gasteiger partial charge is 0.0473 e. The number of nitrogens with zero attached hydrogens (tertiary/aromatic N) is 1. The maximum atomic E-state index is 2.46. The molecule has 0 saturated heterocycles. The van der Waals surface area contributed by atoms with Crippen molar-refractivity contribution in [2.24, 2.45) is 0 Å². The molecule has 0 heterocycles. The van der Waals surface area contributed by atoms with Gasteiger partial charge in [0.25, 0.3) is 0 Å². The predicted octanol–water partition coefficient (Wildman–Crippen LogP) is 14.3. The van der Waals surface area contributed by atoms with Gasteiger partial charge in [-0.05, 0) is 119 Å². The number of rotatable bonds is 5. The maximum absolute atomic E-state index is 2.46. The van der Waals surface area contributed by atoms with Crippen molar-refractivity contribution in [3.05, 3.63) is 199 Å². The summed E-state index contributed by atoms with van der Waals surface area (Å²) in [6.45, 7) is 4.70. The third kappa shape index (κ3) is 4.85. The van der Waals surface area contributed by atoms with E-state index in [1.807, 2.05) is 0 Å². The molecule has 9 aromatic rings. The molecule has 0 atom stereocenters. The molecule has 0 radical (unpaired) electrons. The first-order chi connectivity index (χ1) is 25.5. The summed E-state index contributed by atoms with van der Waals surface area (Å²) in [5.41, 5.74) is 13.5. The summed E-state index contributed by atoms with van der Waals surface area (Å²) in [7, 11) is 0. The zero-order valence-corrected chi connectivity index (χ0v) is 29.3. The van der Waals surface area contributed by atoms with E-state index in [1.165, 1.54) is 76.8 Å². The number of anilines is 3. The van der Waals surface area contributed by atoms with Crippen LogP contribution in [0.5, 0.6) is 0 Å². The molecule has 1 nitrogen and oxygen atoms in total. The van der Waals surface area contributed by atoms with Gasteiger partial charge in [-0.2, -0.15) is 0 Å². The third-order valence-electron chi connectivity index (χ3n) is 11.2. The van der Waals surface area contributed by atoms with E-state index >= 15 is 0 Å². The molecule has 0 aromatic heterocycles. The number of hydrogen-bond acceptors (Lipinski definition) is 1. The standard InChI is InChI=1S/C51H37N/c1-51(2)49-20-12-11-19-46(49)48-33-41(25-28-50(48)51)52(42-30-38(34-13-5-3-6-14-34)29-39(31-42)35-15-7-4-8-16-35)40-24-21-37-23-26-44-43-18-10-9-17-36(43)22-27-45(44)47(37)32-40/h3-33H,1-2H3. The molecule has 9 aromatic carbocycles. The van der Waals surface area contributed by atoms with Gasteiger partial charge in [0.05, 0.1) is 0 Å². The number of fused-ring (bicyclic) bond motifs is 8. The Hall–Kier alpha value is -6.44. The van der Waals surface area contributed by atoms with Crippen molar-refractivity contribution in [2.75, 3.05) is 4.90 Å². The number of benzene rings is 9. The Labute approximate surface area is 305 Å². The van der Waals surface area contributed by atoms with Crippen molar-refractivity contribution in [1.82, 2.24) is 0 Å². The molecule has 0 N–H and O–H groups in total. The molecule has 0 saturated carbocycles. The summed E-state index contributed by atoms with van der Waals surface area (Å²) in [4.78, 5) is 2.46. The molecule has 0 aliphatic heterocycles. The minimum Gasteiger partial charge on any atom is -0.310 e. The summed E-state index contributed by atoms with van der Waals surface area (Å²) in [5, 5.41) is 7.58. The van der Waals surface area contributed by atoms with E-state index in [1.54, 1.807) is 0 Å². The normalized spacial score (nSPS) is 13.0. The van der Waals surface area contributed by atoms with Crippen LogP contribution in [0.25, 0.3) is 65.7 Å². The molecule has 0 bridgehead atoms. The lowest BCUT2D eigenvalue weighted by molar-refractivity contribution is 0.660. The van der Waals surface area contributed by atoms with Gasteiger partial charge in [0.1, 0.15) is 0 Å². The van der Waals surface area contributed by atoms with Crippen LogP contribution in [0.15, 0.2) is 188 Å². The lowest BCUT2D eigenvalue weighted by Gasteiger charge is -2.28. The van der Waals surface area contributed by atoms with Gasteiger partial charge >= 0.3 is 0 Å². The molecule has 1 aliphatic rings. The first kappa shape index (κ1) is 30.4. The van der Waals surface area contributed by atoms with E-state index in [4.69, 9.17) is 0 Å². The molecule has 246 valence electrons. The van der Waals surface area contributed by atoms with Gasteiger partial charge in [-0.3, -0.25) is 0 Å². The minimum absolute atomic E-state index is 0.0619. The fourth-order valence-electron chi connectivity index (χ4n) is 8.57. The van der Waals surface area contributed by atoms with E-state index in [0.717, 1.165) is 17.1 Å². The summed E-state index contributed by atoms with van der Waals surface area (Å²) in [6, 6.07) is 69.4. The Morgan fingerprint density at radius 1 is 0.327 bits per heavy atom. The Kier molecular flexibility index (Phi) is 6.91. The van der Waals surface area contributed by atoms with Crippen LogP contribution in [-0.4, -0.2) is 0 Å². The second kappa shape index (κ2) is 11.8. The van der Waals surface area contributed by atoms with Crippen molar-refractivity contribution in [3.8, 4) is 33.4 Å². The molecular weight excluding hydrogens is 627 g/mol. The van der Waals surface area contributed by atoms with Gasteiger partial charge in [0.2, 0.25) is 0 Å². The molecule has 0 spiro atoms. The second-order valence-corrected chi connectivity index (χ2v) is 14.6. The lowest BCUT2D eigenvalue weighted by Crippen LogP contribution is -2.15. The Morgan fingerprint density at radius 3 is 1.60 bits per heavy atom. The molecule has 1 heteroatoms. The van der Waals surface area contributed by atoms with Crippen LogP contribution < -0.4 is 4.90 Å². The SMILES string of the molecule is CC1(C)c2ccccc2-c2cc(N(c3cc(-c4ccccc4)cc(-c4ccccc4)c3)c3ccc4ccc5c6ccccc6ccc5c4c3)ccc21. The average molecular weight is 664 g/mol. The largest absolute Gasteiger partial charge is 0.310 e. The molecule has 0 unspecified atom stereocenters. The van der Waals surface area contributed by atoms with Crippen LogP contribution in [0.3, 0.4) is 0 Å². The first-order valence-corrected chi connectivity index (χ1v) is 18.2. The Bertz CT molecular complexity index is 2750. The Morgan fingerprint density at radius 2 is 0.865 bits per heavy atom. The molecular formula is C51H37N. The number of hydrogen-bond donors (Lipinski definition) is 0. The highest BCUT2D eigenvalue weighted by Crippen LogP contribution is 2.51. The quantitative estimate of drug-likeness (QED) is 0.166. The third-order valence-corrected chi connectivity index (χ3v) is 11.2. The maximum Gasteiger partial charge on any atom is 0.0473 e. The average Bonchev–Trinajstić information content (AvgIpc) is 3.43. The highest BCUT2D eigenvalue weighted by atomic mass is 15.1. The van der Waals surface area contributed by atoms with Crippen molar-refractivity contribution in [2.45, 2.75) is 19.3 Å². The molecule has 52 heavy (non-hydrogen) atoms. The van der Waals surface area contributed by atoms with Gasteiger partial charge in [-0.1, -0.05) is 159 Å². The van der Waals surface area contributed by atoms with Crippen LogP contribution in [-0.2, 0) is 5.41 Å². The summed E-state index contributed by atoms with van der Waals surface area (Å²) < 4.78 is 0. The summed E-state index contributed by atoms with van der Waals surface area (Å²) >= 11 is 0. The van der Waals surface area contributed by atoms with Crippen molar-refractivity contribution < 1.29 is 0 Å². The van der Waals surface area contributed by atoms with Crippen LogP contribution in [0.2, 0.25) is 0 Å². The zero-order chi connectivity index (χ0) is 34.8. The topological polar surface area (TPSA) is 3.24 Å². The van der Waals surface area contributed by atoms with Gasteiger partial charge in [0, 0.05) is 22.5 Å². The molecule has 0 amide bonds. The molecule has 1 aliphatic carbocycles. The molecule has 0 fully saturated rings. The predicted molar refractivity (Wildman–Crippen MR) is 222 cm³/mol. The minimum atomic E-state index is -0.0619. The van der Waals surface area contributed by atoms with Gasteiger partial charge in [-0.25, -0.2) is 0 Å². The highest BCUT2D eigenvalue weighted by Gasteiger charge is 2.35. The Balaban J connectivity index is 1.25. The van der Waals surface area contributed by atoms with Crippen molar-refractivity contribution >= 4 is 49.4 Å². The summed E-state index contributed by atoms with van der Waals surface area (Å²) in [5.74, 6) is 0. The fraction of sp³-hybridized carbons (Fsp3) is 0.0588. The van der Waals surface area contributed by atoms with Gasteiger partial charge in [-0.15, -0.1) is 0 Å². The van der Waals surface area contributed by atoms with E-state index < -0.39 is 0 Å². The van der Waals surface area contributed by atoms with E-state index in [2.05, 4.69) is 207 Å². The second-order valence-electron chi connectivity index (χ2n) is 14.6. The van der Waals surface area contributed by atoms with Crippen LogP contribution in [0, 0.1) is 0 Å². The zero-order valence-electron chi connectivity index (χ0n) is 29.3. The van der Waals surface area contributed by atoms with E-state index in [0.29, 0.717) is 0 Å². The van der Waals surface area contributed by atoms with E-state index in [9.17, 15) is 0 Å². The molecule has 10 rings (SSSR count). The van der Waals surface area contributed by atoms with Crippen molar-refractivity contribution in [3.63, 3.8) is 0 Å². The van der Waals surface area contributed by atoms with Gasteiger partial charge < -0.3 is 4.90 Å². The van der Waals surface area contributed by atoms with Crippen LogP contribution in [0.4, 0.5) is 17.1 Å². The highest BCUT2D eigenvalue weighted by molar-refractivity contribution is 6.17. The van der Waals surface area contributed by atoms with E-state index in [-0.39, 0.29) is 5.41 Å². The van der Waals surface area contributed by atoms with Gasteiger partial charge in [0.15, 0.2) is 0 Å². The van der Waals surface area contributed by atoms with Crippen LogP contribution >= 0.6 is 0 Å². The lowest BCUT2D eigenvalue weighted by atomic mass is 9.82. The van der Waals surface area contributed by atoms with Crippen LogP contribution in [0.1, 0.15) is 25.0 Å². The fourth-order valence-corrected chi connectivity index (χ4v) is 8.57. The van der Waals surface area contributed by atoms with Crippen molar-refractivity contribution in [1.29, 1.82) is 0 Å².